The Morgan fingerprint density at radius 3 is 2.29 bits per heavy atom. The topological polar surface area (TPSA) is 84.5 Å². The fraction of sp³-hybridized carbons (Fsp3) is 0.208. The average molecular weight is 483 g/mol. The van der Waals surface area contributed by atoms with E-state index in [9.17, 15) is 14.4 Å². The summed E-state index contributed by atoms with van der Waals surface area (Å²) < 4.78 is 5.98. The van der Waals surface area contributed by atoms with E-state index in [1.807, 2.05) is 68.4 Å². The van der Waals surface area contributed by atoms with Crippen LogP contribution >= 0.6 is 15.9 Å². The molecular formula is C24H23BrN2O4. The first kappa shape index (κ1) is 22.5. The molecular weight excluding hydrogens is 460 g/mol. The maximum absolute atomic E-state index is 12.2. The van der Waals surface area contributed by atoms with Gasteiger partial charge in [0.05, 0.1) is 6.42 Å². The van der Waals surface area contributed by atoms with Crippen LogP contribution in [0.25, 0.3) is 10.8 Å². The van der Waals surface area contributed by atoms with E-state index in [1.54, 1.807) is 0 Å². The van der Waals surface area contributed by atoms with Crippen LogP contribution in [0.3, 0.4) is 0 Å². The lowest BCUT2D eigenvalue weighted by molar-refractivity contribution is -0.147. The van der Waals surface area contributed by atoms with Crippen molar-refractivity contribution in [3.63, 3.8) is 0 Å². The zero-order valence-corrected chi connectivity index (χ0v) is 18.9. The lowest BCUT2D eigenvalue weighted by Crippen LogP contribution is -2.22. The first-order chi connectivity index (χ1) is 14.8. The van der Waals surface area contributed by atoms with Gasteiger partial charge in [-0.25, -0.2) is 0 Å². The first-order valence-electron chi connectivity index (χ1n) is 9.83. The van der Waals surface area contributed by atoms with Crippen LogP contribution < -0.4 is 10.6 Å². The van der Waals surface area contributed by atoms with Gasteiger partial charge in [0.2, 0.25) is 5.91 Å². The Balaban J connectivity index is 1.44. The van der Waals surface area contributed by atoms with E-state index in [0.717, 1.165) is 26.4 Å². The largest absolute Gasteiger partial charge is 0.456 e. The Labute approximate surface area is 189 Å². The second-order valence-electron chi connectivity index (χ2n) is 7.21. The van der Waals surface area contributed by atoms with Gasteiger partial charge in [-0.05, 0) is 48.6 Å². The van der Waals surface area contributed by atoms with Gasteiger partial charge in [0.1, 0.15) is 0 Å². The third-order valence-electron chi connectivity index (χ3n) is 4.70. The molecule has 0 saturated heterocycles. The second-order valence-corrected chi connectivity index (χ2v) is 8.00. The molecule has 31 heavy (non-hydrogen) atoms. The molecule has 0 atom stereocenters. The predicted octanol–water partition coefficient (Wildman–Crippen LogP) is 5.12. The molecule has 3 aromatic rings. The summed E-state index contributed by atoms with van der Waals surface area (Å²) in [6.07, 6.45) is -0.144. The lowest BCUT2D eigenvalue weighted by Gasteiger charge is -2.10. The number of esters is 1. The molecule has 160 valence electrons. The van der Waals surface area contributed by atoms with E-state index in [-0.39, 0.29) is 18.7 Å². The zero-order chi connectivity index (χ0) is 22.4. The summed E-state index contributed by atoms with van der Waals surface area (Å²) in [5.74, 6) is -1.33. The summed E-state index contributed by atoms with van der Waals surface area (Å²) in [6, 6.07) is 17.0. The van der Waals surface area contributed by atoms with Crippen LogP contribution in [0.5, 0.6) is 0 Å². The molecule has 0 saturated carbocycles. The highest BCUT2D eigenvalue weighted by molar-refractivity contribution is 9.10. The minimum Gasteiger partial charge on any atom is -0.456 e. The highest BCUT2D eigenvalue weighted by atomic mass is 79.9. The monoisotopic (exact) mass is 482 g/mol. The number of ether oxygens (including phenoxy) is 1. The van der Waals surface area contributed by atoms with Gasteiger partial charge in [-0.1, -0.05) is 52.3 Å². The summed E-state index contributed by atoms with van der Waals surface area (Å²) in [6.45, 7) is 3.45. The number of nitrogens with one attached hydrogen (secondary N) is 2. The molecule has 0 spiro atoms. The van der Waals surface area contributed by atoms with Crippen molar-refractivity contribution in [2.75, 3.05) is 17.2 Å². The van der Waals surface area contributed by atoms with Gasteiger partial charge in [-0.15, -0.1) is 0 Å². The SMILES string of the molecule is Cc1cc(NC(=O)COC(=O)CCC(=O)Nc2cccc3ccccc23)cc(C)c1Br. The number of carbonyl (C=O) groups is 3. The van der Waals surface area contributed by atoms with E-state index in [0.29, 0.717) is 11.4 Å². The van der Waals surface area contributed by atoms with Gasteiger partial charge in [0.15, 0.2) is 6.61 Å². The van der Waals surface area contributed by atoms with Crippen LogP contribution in [0.15, 0.2) is 59.1 Å². The van der Waals surface area contributed by atoms with Crippen molar-refractivity contribution in [3.8, 4) is 0 Å². The maximum Gasteiger partial charge on any atom is 0.306 e. The summed E-state index contributed by atoms with van der Waals surface area (Å²) in [5.41, 5.74) is 3.30. The van der Waals surface area contributed by atoms with E-state index in [1.165, 1.54) is 0 Å². The Bertz CT molecular complexity index is 1120. The summed E-state index contributed by atoms with van der Waals surface area (Å²) in [5, 5.41) is 7.47. The van der Waals surface area contributed by atoms with E-state index < -0.39 is 18.5 Å². The molecule has 0 heterocycles. The van der Waals surface area contributed by atoms with Crippen LogP contribution in [-0.4, -0.2) is 24.4 Å². The third-order valence-corrected chi connectivity index (χ3v) is 5.96. The number of anilines is 2. The predicted molar refractivity (Wildman–Crippen MR) is 125 cm³/mol. The number of carbonyl (C=O) groups excluding carboxylic acids is 3. The number of rotatable bonds is 7. The molecule has 0 unspecified atom stereocenters. The van der Waals surface area contributed by atoms with Gasteiger partial charge in [-0.3, -0.25) is 14.4 Å². The third kappa shape index (κ3) is 6.15. The quantitative estimate of drug-likeness (QED) is 0.457. The molecule has 0 fully saturated rings. The Kier molecular flexibility index (Phi) is 7.41. The van der Waals surface area contributed by atoms with Gasteiger partial charge < -0.3 is 15.4 Å². The van der Waals surface area contributed by atoms with Crippen LogP contribution in [0, 0.1) is 13.8 Å². The highest BCUT2D eigenvalue weighted by Gasteiger charge is 2.12. The molecule has 0 aromatic heterocycles. The fourth-order valence-corrected chi connectivity index (χ4v) is 3.42. The normalized spacial score (nSPS) is 10.5. The van der Waals surface area contributed by atoms with Crippen LogP contribution in [0.4, 0.5) is 11.4 Å². The van der Waals surface area contributed by atoms with Crippen molar-refractivity contribution in [2.24, 2.45) is 0 Å². The fourth-order valence-electron chi connectivity index (χ4n) is 3.20. The Hall–Kier alpha value is -3.19. The number of hydrogen-bond donors (Lipinski definition) is 2. The average Bonchev–Trinajstić information content (AvgIpc) is 2.75. The van der Waals surface area contributed by atoms with E-state index in [4.69, 9.17) is 4.74 Å². The summed E-state index contributed by atoms with van der Waals surface area (Å²) in [7, 11) is 0. The number of aryl methyl sites for hydroxylation is 2. The molecule has 0 aliphatic carbocycles. The van der Waals surface area contributed by atoms with Crippen molar-refractivity contribution in [3.05, 3.63) is 70.2 Å². The van der Waals surface area contributed by atoms with Gasteiger partial charge in [-0.2, -0.15) is 0 Å². The number of benzene rings is 3. The van der Waals surface area contributed by atoms with Gasteiger partial charge in [0.25, 0.3) is 5.91 Å². The first-order valence-corrected chi connectivity index (χ1v) is 10.6. The molecule has 2 N–H and O–H groups in total. The van der Waals surface area contributed by atoms with E-state index >= 15 is 0 Å². The molecule has 0 aliphatic rings. The molecule has 7 heteroatoms. The molecule has 0 aliphatic heterocycles. The van der Waals surface area contributed by atoms with Crippen molar-refractivity contribution in [1.82, 2.24) is 0 Å². The smallest absolute Gasteiger partial charge is 0.306 e. The Morgan fingerprint density at radius 2 is 1.55 bits per heavy atom. The molecule has 2 amide bonds. The molecule has 0 radical (unpaired) electrons. The van der Waals surface area contributed by atoms with Crippen molar-refractivity contribution < 1.29 is 19.1 Å². The lowest BCUT2D eigenvalue weighted by atomic mass is 10.1. The molecule has 6 nitrogen and oxygen atoms in total. The minimum absolute atomic E-state index is 0.0330. The number of fused-ring (bicyclic) bond motifs is 1. The highest BCUT2D eigenvalue weighted by Crippen LogP contribution is 2.25. The number of amides is 2. The van der Waals surface area contributed by atoms with Crippen molar-refractivity contribution >= 4 is 55.9 Å². The van der Waals surface area contributed by atoms with Crippen LogP contribution in [-0.2, 0) is 19.1 Å². The van der Waals surface area contributed by atoms with Gasteiger partial charge in [0, 0.05) is 27.7 Å². The maximum atomic E-state index is 12.2. The van der Waals surface area contributed by atoms with Gasteiger partial charge >= 0.3 is 5.97 Å². The van der Waals surface area contributed by atoms with E-state index in [2.05, 4.69) is 26.6 Å². The van der Waals surface area contributed by atoms with Crippen molar-refractivity contribution in [2.45, 2.75) is 26.7 Å². The van der Waals surface area contributed by atoms with Crippen LogP contribution in [0.1, 0.15) is 24.0 Å². The summed E-state index contributed by atoms with van der Waals surface area (Å²) >= 11 is 3.48. The Morgan fingerprint density at radius 1 is 0.871 bits per heavy atom. The van der Waals surface area contributed by atoms with Crippen LogP contribution in [0.2, 0.25) is 0 Å². The molecule has 0 bridgehead atoms. The number of halogens is 1. The molecule has 3 rings (SSSR count). The second kappa shape index (κ2) is 10.2. The number of hydrogen-bond acceptors (Lipinski definition) is 4. The molecule has 3 aromatic carbocycles. The van der Waals surface area contributed by atoms with Crippen molar-refractivity contribution in [1.29, 1.82) is 0 Å². The zero-order valence-electron chi connectivity index (χ0n) is 17.3. The minimum atomic E-state index is -0.605. The summed E-state index contributed by atoms with van der Waals surface area (Å²) in [4.78, 5) is 36.2. The standard InChI is InChI=1S/C24H23BrN2O4/c1-15-12-18(13-16(2)24(15)25)26-22(29)14-31-23(30)11-10-21(28)27-20-9-5-7-17-6-3-4-8-19(17)20/h3-9,12-13H,10-11,14H2,1-2H3,(H,26,29)(H,27,28).